The molecule has 0 aliphatic rings. The molecule has 2 rings (SSSR count). The molecule has 0 aromatic carbocycles. The van der Waals surface area contributed by atoms with Gasteiger partial charge in [-0.3, -0.25) is 9.48 Å². The third-order valence-corrected chi connectivity index (χ3v) is 3.35. The number of anilines is 1. The Morgan fingerprint density at radius 2 is 2.10 bits per heavy atom. The second-order valence-corrected chi connectivity index (χ2v) is 5.16. The minimum atomic E-state index is 0.0441. The molecule has 108 valence electrons. The maximum atomic E-state index is 11.7. The first kappa shape index (κ1) is 14.4. The second kappa shape index (κ2) is 5.94. The van der Waals surface area contributed by atoms with E-state index in [1.54, 1.807) is 10.6 Å². The van der Waals surface area contributed by atoms with Crippen LogP contribution in [-0.2, 0) is 13.6 Å². The lowest BCUT2D eigenvalue weighted by Gasteiger charge is -2.16. The summed E-state index contributed by atoms with van der Waals surface area (Å²) in [5.41, 5.74) is 3.19. The molecule has 0 radical (unpaired) electrons. The van der Waals surface area contributed by atoms with Crippen LogP contribution < -0.4 is 10.9 Å². The van der Waals surface area contributed by atoms with Gasteiger partial charge >= 0.3 is 0 Å². The highest BCUT2D eigenvalue weighted by Gasteiger charge is 2.11. The van der Waals surface area contributed by atoms with E-state index in [1.165, 1.54) is 5.56 Å². The van der Waals surface area contributed by atoms with Gasteiger partial charge in [-0.15, -0.1) is 0 Å². The normalized spacial score (nSPS) is 12.4. The summed E-state index contributed by atoms with van der Waals surface area (Å²) >= 11 is 0. The molecule has 0 bridgehead atoms. The molecule has 0 aliphatic heterocycles. The summed E-state index contributed by atoms with van der Waals surface area (Å²) in [6.45, 7) is 6.91. The van der Waals surface area contributed by atoms with Crippen LogP contribution in [0.3, 0.4) is 0 Å². The van der Waals surface area contributed by atoms with Gasteiger partial charge in [0.25, 0.3) is 5.56 Å². The third-order valence-electron chi connectivity index (χ3n) is 3.35. The van der Waals surface area contributed by atoms with Crippen molar-refractivity contribution in [3.8, 4) is 0 Å². The number of aryl methyl sites for hydroxylation is 3. The molecule has 1 N–H and O–H groups in total. The van der Waals surface area contributed by atoms with E-state index in [-0.39, 0.29) is 11.6 Å². The summed E-state index contributed by atoms with van der Waals surface area (Å²) in [4.78, 5) is 11.7. The van der Waals surface area contributed by atoms with Gasteiger partial charge in [-0.05, 0) is 26.3 Å². The van der Waals surface area contributed by atoms with Crippen molar-refractivity contribution < 1.29 is 0 Å². The first-order chi connectivity index (χ1) is 9.51. The number of hydrogen-bond donors (Lipinski definition) is 1. The minimum Gasteiger partial charge on any atom is -0.377 e. The Balaban J connectivity index is 2.19. The highest BCUT2D eigenvalue weighted by molar-refractivity contribution is 5.43. The minimum absolute atomic E-state index is 0.0441. The van der Waals surface area contributed by atoms with Crippen LogP contribution in [0.1, 0.15) is 37.6 Å². The summed E-state index contributed by atoms with van der Waals surface area (Å²) in [5.74, 6) is 0. The second-order valence-electron chi connectivity index (χ2n) is 5.16. The van der Waals surface area contributed by atoms with Crippen molar-refractivity contribution in [2.24, 2.45) is 7.05 Å². The number of aromatic nitrogens is 3. The van der Waals surface area contributed by atoms with Gasteiger partial charge in [-0.1, -0.05) is 6.92 Å². The van der Waals surface area contributed by atoms with Crippen molar-refractivity contribution in [2.45, 2.75) is 39.8 Å². The monoisotopic (exact) mass is 274 g/mol. The molecule has 0 amide bonds. The third kappa shape index (κ3) is 3.10. The van der Waals surface area contributed by atoms with E-state index in [1.807, 2.05) is 37.1 Å². The molecule has 0 fully saturated rings. The molecule has 2 aromatic rings. The van der Waals surface area contributed by atoms with Crippen molar-refractivity contribution >= 4 is 5.69 Å². The van der Waals surface area contributed by atoms with Gasteiger partial charge in [-0.2, -0.15) is 5.10 Å². The van der Waals surface area contributed by atoms with Crippen LogP contribution in [0.5, 0.6) is 0 Å². The van der Waals surface area contributed by atoms with Gasteiger partial charge < -0.3 is 9.88 Å². The van der Waals surface area contributed by atoms with Crippen LogP contribution in [0.2, 0.25) is 0 Å². The predicted molar refractivity (Wildman–Crippen MR) is 81.0 cm³/mol. The molecule has 5 nitrogen and oxygen atoms in total. The SMILES string of the molecule is CCCn1cc(NC(C)c2cn(C)nc2C)ccc1=O. The Labute approximate surface area is 119 Å². The average Bonchev–Trinajstić information content (AvgIpc) is 2.73. The maximum absolute atomic E-state index is 11.7. The van der Waals surface area contributed by atoms with E-state index in [4.69, 9.17) is 0 Å². The standard InChI is InChI=1S/C15H22N4O/c1-5-8-19-9-13(6-7-15(19)20)16-11(2)14-10-18(4)17-12(14)3/h6-7,9-11,16H,5,8H2,1-4H3. The first-order valence-electron chi connectivity index (χ1n) is 6.98. The number of pyridine rings is 1. The largest absolute Gasteiger partial charge is 0.377 e. The fourth-order valence-corrected chi connectivity index (χ4v) is 2.40. The molecule has 2 aromatic heterocycles. The van der Waals surface area contributed by atoms with E-state index in [0.29, 0.717) is 0 Å². The Hall–Kier alpha value is -2.04. The molecule has 1 unspecified atom stereocenters. The number of hydrogen-bond acceptors (Lipinski definition) is 3. The van der Waals surface area contributed by atoms with Crippen molar-refractivity contribution in [1.82, 2.24) is 14.3 Å². The molecule has 0 aliphatic carbocycles. The van der Waals surface area contributed by atoms with Crippen molar-refractivity contribution in [3.63, 3.8) is 0 Å². The van der Waals surface area contributed by atoms with Crippen LogP contribution in [0, 0.1) is 6.92 Å². The number of rotatable bonds is 5. The van der Waals surface area contributed by atoms with Gasteiger partial charge in [0, 0.05) is 37.6 Å². The molecule has 20 heavy (non-hydrogen) atoms. The highest BCUT2D eigenvalue weighted by Crippen LogP contribution is 2.20. The first-order valence-corrected chi connectivity index (χ1v) is 6.98. The number of nitrogens with one attached hydrogen (secondary N) is 1. The topological polar surface area (TPSA) is 51.9 Å². The van der Waals surface area contributed by atoms with Crippen LogP contribution in [0.4, 0.5) is 5.69 Å². The molecule has 1 atom stereocenters. The Kier molecular flexibility index (Phi) is 4.27. The summed E-state index contributed by atoms with van der Waals surface area (Å²) in [6.07, 6.45) is 4.85. The Morgan fingerprint density at radius 1 is 1.35 bits per heavy atom. The van der Waals surface area contributed by atoms with Gasteiger partial charge in [0.15, 0.2) is 0 Å². The van der Waals surface area contributed by atoms with Gasteiger partial charge in [0.05, 0.1) is 17.4 Å². The molecular formula is C15H22N4O. The zero-order valence-electron chi connectivity index (χ0n) is 12.6. The van der Waals surface area contributed by atoms with Crippen LogP contribution in [0.25, 0.3) is 0 Å². The lowest BCUT2D eigenvalue weighted by atomic mass is 10.1. The quantitative estimate of drug-likeness (QED) is 0.911. The van der Waals surface area contributed by atoms with Crippen LogP contribution in [0.15, 0.2) is 29.3 Å². The fraction of sp³-hybridized carbons (Fsp3) is 0.467. The molecule has 0 saturated carbocycles. The van der Waals surface area contributed by atoms with Crippen LogP contribution in [-0.4, -0.2) is 14.3 Å². The lowest BCUT2D eigenvalue weighted by molar-refractivity contribution is 0.654. The molecule has 5 heteroatoms. The molecule has 2 heterocycles. The Morgan fingerprint density at radius 3 is 2.70 bits per heavy atom. The highest BCUT2D eigenvalue weighted by atomic mass is 16.1. The summed E-state index contributed by atoms with van der Waals surface area (Å²) in [6, 6.07) is 3.59. The molecule has 0 spiro atoms. The van der Waals surface area contributed by atoms with E-state index < -0.39 is 0 Å². The van der Waals surface area contributed by atoms with Gasteiger partial charge in [0.1, 0.15) is 0 Å². The average molecular weight is 274 g/mol. The fourth-order valence-electron chi connectivity index (χ4n) is 2.40. The van der Waals surface area contributed by atoms with Gasteiger partial charge in [0.2, 0.25) is 0 Å². The van der Waals surface area contributed by atoms with E-state index in [0.717, 1.165) is 24.3 Å². The summed E-state index contributed by atoms with van der Waals surface area (Å²) in [7, 11) is 1.92. The summed E-state index contributed by atoms with van der Waals surface area (Å²) < 4.78 is 3.56. The lowest BCUT2D eigenvalue weighted by Crippen LogP contribution is -2.19. The van der Waals surface area contributed by atoms with Gasteiger partial charge in [-0.25, -0.2) is 0 Å². The zero-order valence-corrected chi connectivity index (χ0v) is 12.6. The van der Waals surface area contributed by atoms with Crippen molar-refractivity contribution in [2.75, 3.05) is 5.32 Å². The smallest absolute Gasteiger partial charge is 0.250 e. The number of nitrogens with zero attached hydrogens (tertiary/aromatic N) is 3. The predicted octanol–water partition coefficient (Wildman–Crippen LogP) is 2.47. The molecular weight excluding hydrogens is 252 g/mol. The molecule has 0 saturated heterocycles. The Bertz CT molecular complexity index is 642. The summed E-state index contributed by atoms with van der Waals surface area (Å²) in [5, 5.41) is 7.78. The van der Waals surface area contributed by atoms with Crippen molar-refractivity contribution in [3.05, 3.63) is 46.1 Å². The van der Waals surface area contributed by atoms with E-state index >= 15 is 0 Å². The maximum Gasteiger partial charge on any atom is 0.250 e. The van der Waals surface area contributed by atoms with E-state index in [2.05, 4.69) is 24.3 Å². The van der Waals surface area contributed by atoms with Crippen molar-refractivity contribution in [1.29, 1.82) is 0 Å². The zero-order chi connectivity index (χ0) is 14.7. The van der Waals surface area contributed by atoms with E-state index in [9.17, 15) is 4.79 Å². The van der Waals surface area contributed by atoms with Crippen LogP contribution >= 0.6 is 0 Å².